The normalized spacial score (nSPS) is 12.1. The Morgan fingerprint density at radius 1 is 0.600 bits per heavy atom. The zero-order valence-electron chi connectivity index (χ0n) is 27.8. The first-order valence-electron chi connectivity index (χ1n) is 17.1. The van der Waals surface area contributed by atoms with Crippen molar-refractivity contribution in [3.05, 3.63) is 126 Å². The third-order valence-corrected chi connectivity index (χ3v) is 9.79. The van der Waals surface area contributed by atoms with Gasteiger partial charge in [0.2, 0.25) is 0 Å². The summed E-state index contributed by atoms with van der Waals surface area (Å²) >= 11 is 0. The zero-order valence-corrected chi connectivity index (χ0v) is 27.8. The van der Waals surface area contributed by atoms with Gasteiger partial charge in [0.25, 0.3) is 0 Å². The maximum absolute atomic E-state index is 12.0. The van der Waals surface area contributed by atoms with Gasteiger partial charge in [-0.3, -0.25) is 0 Å². The van der Waals surface area contributed by atoms with Crippen LogP contribution in [0.1, 0.15) is 42.3 Å². The number of pyridine rings is 2. The zero-order chi connectivity index (χ0) is 33.9. The molecule has 0 saturated carbocycles. The van der Waals surface area contributed by atoms with Crippen LogP contribution in [0.25, 0.3) is 88.7 Å². The van der Waals surface area contributed by atoms with Gasteiger partial charge in [-0.15, -0.1) is 0 Å². The number of rotatable bonds is 4. The van der Waals surface area contributed by atoms with Crippen LogP contribution in [0.15, 0.2) is 103 Å². The first kappa shape index (κ1) is 29.8. The molecule has 4 aromatic heterocycles. The third kappa shape index (κ3) is 4.91. The van der Waals surface area contributed by atoms with Crippen LogP contribution in [0.2, 0.25) is 0 Å². The monoisotopic (exact) mass is 650 g/mol. The summed E-state index contributed by atoms with van der Waals surface area (Å²) in [7, 11) is 0. The van der Waals surface area contributed by atoms with Gasteiger partial charge in [-0.2, -0.15) is 0 Å². The van der Waals surface area contributed by atoms with Gasteiger partial charge in [0, 0.05) is 48.9 Å². The Morgan fingerprint density at radius 2 is 1.20 bits per heavy atom. The number of nitrogens with one attached hydrogen (secondary N) is 1. The van der Waals surface area contributed by atoms with Crippen LogP contribution in [-0.2, 0) is 6.42 Å². The maximum atomic E-state index is 12.0. The van der Waals surface area contributed by atoms with Crippen molar-refractivity contribution in [1.29, 1.82) is 0 Å². The highest BCUT2D eigenvalue weighted by Crippen LogP contribution is 2.38. The molecule has 8 aromatic rings. The molecule has 0 radical (unpaired) electrons. The molecule has 9 rings (SSSR count). The lowest BCUT2D eigenvalue weighted by Gasteiger charge is -2.08. The van der Waals surface area contributed by atoms with Gasteiger partial charge >= 0.3 is 0 Å². The van der Waals surface area contributed by atoms with Crippen molar-refractivity contribution in [2.45, 2.75) is 33.1 Å². The van der Waals surface area contributed by atoms with Gasteiger partial charge in [0.15, 0.2) is 0 Å². The van der Waals surface area contributed by atoms with E-state index < -0.39 is 0 Å². The van der Waals surface area contributed by atoms with Crippen molar-refractivity contribution in [2.24, 2.45) is 0 Å². The first-order valence-corrected chi connectivity index (χ1v) is 17.1. The average molecular weight is 651 g/mol. The van der Waals surface area contributed by atoms with Crippen LogP contribution >= 0.6 is 0 Å². The second-order valence-corrected chi connectivity index (χ2v) is 13.2. The molecule has 1 aliphatic heterocycles. The number of hydrogen-bond acceptors (Lipinski definition) is 5. The first-order chi connectivity index (χ1) is 24.4. The Kier molecular flexibility index (Phi) is 6.99. The number of H-pyrrole nitrogens is 1. The van der Waals surface area contributed by atoms with Crippen molar-refractivity contribution >= 4 is 77.6 Å². The van der Waals surface area contributed by atoms with E-state index in [1.807, 2.05) is 91.9 Å². The van der Waals surface area contributed by atoms with E-state index in [9.17, 15) is 10.2 Å². The Bertz CT molecular complexity index is 2840. The lowest BCUT2D eigenvalue weighted by molar-refractivity contribution is 0.486. The van der Waals surface area contributed by atoms with E-state index in [1.165, 1.54) is 0 Å². The quantitative estimate of drug-likeness (QED) is 0.165. The van der Waals surface area contributed by atoms with E-state index in [1.54, 1.807) is 0 Å². The molecule has 0 spiro atoms. The molecular formula is C44H34N4O2. The summed E-state index contributed by atoms with van der Waals surface area (Å²) in [5.41, 5.74) is 9.93. The highest BCUT2D eigenvalue weighted by atomic mass is 16.3. The van der Waals surface area contributed by atoms with Crippen LogP contribution in [0.3, 0.4) is 0 Å². The van der Waals surface area contributed by atoms with E-state index >= 15 is 0 Å². The number of aryl methyl sites for hydroxylation is 2. The van der Waals surface area contributed by atoms with E-state index in [0.29, 0.717) is 32.9 Å². The molecule has 4 aromatic carbocycles. The van der Waals surface area contributed by atoms with E-state index in [2.05, 4.69) is 42.2 Å². The van der Waals surface area contributed by atoms with Gasteiger partial charge < -0.3 is 15.2 Å². The van der Waals surface area contributed by atoms with Gasteiger partial charge in [-0.05, 0) is 97.1 Å². The molecule has 0 unspecified atom stereocenters. The summed E-state index contributed by atoms with van der Waals surface area (Å²) in [6.45, 7) is 4.21. The predicted octanol–water partition coefficient (Wildman–Crippen LogP) is 11.0. The summed E-state index contributed by atoms with van der Waals surface area (Å²) < 4.78 is 0. The number of aromatic nitrogens is 4. The van der Waals surface area contributed by atoms with Crippen molar-refractivity contribution < 1.29 is 10.2 Å². The fraction of sp³-hybridized carbons (Fsp3) is 0.114. The molecule has 1 aliphatic rings. The lowest BCUT2D eigenvalue weighted by Crippen LogP contribution is -1.89. The number of phenols is 2. The Hall–Kier alpha value is -6.27. The Balaban J connectivity index is 1.52. The smallest absolute Gasteiger partial charge is 0.134 e. The predicted molar refractivity (Wildman–Crippen MR) is 207 cm³/mol. The number of unbranched alkanes of at least 4 members (excludes halogenated alkanes) is 1. The summed E-state index contributed by atoms with van der Waals surface area (Å²) in [5.74, 6) is 0.298. The number of aromatic amines is 1. The number of fused-ring (bicyclic) bond motifs is 14. The number of aromatic hydroxyl groups is 2. The van der Waals surface area contributed by atoms with E-state index in [4.69, 9.17) is 15.0 Å². The second-order valence-electron chi connectivity index (χ2n) is 13.2. The van der Waals surface area contributed by atoms with E-state index in [-0.39, 0.29) is 11.5 Å². The molecule has 242 valence electrons. The van der Waals surface area contributed by atoms with Gasteiger partial charge in [0.1, 0.15) is 11.5 Å². The number of phenolic OH excluding ortho intramolecular Hbond substituents is 2. The summed E-state index contributed by atoms with van der Waals surface area (Å²) in [6, 6.07) is 34.4. The van der Waals surface area contributed by atoms with Crippen LogP contribution in [0, 0.1) is 6.92 Å². The average Bonchev–Trinajstić information content (AvgIpc) is 3.83. The number of hydrogen-bond donors (Lipinski definition) is 3. The van der Waals surface area contributed by atoms with Gasteiger partial charge in [-0.1, -0.05) is 67.9 Å². The van der Waals surface area contributed by atoms with Crippen LogP contribution < -0.4 is 0 Å². The standard InChI is InChI=1S/C44H34N4O2/c1-3-4-8-26-23-32-35-18-20-39(46-35)40(27-9-6-5-7-10-27)38-19-17-34(45-38)30-21-25(2)22-31(43(30)49)36-15-13-28-11-12-29-14-16-37(33(24-26)44(32)50)48-42(29)41(28)47-36/h5-7,9-24,46,49-50H,3-4,8H2,1-2H3. The Labute approximate surface area is 288 Å². The molecule has 0 aliphatic carbocycles. The molecular weight excluding hydrogens is 617 g/mol. The lowest BCUT2D eigenvalue weighted by atomic mass is 10.0. The van der Waals surface area contributed by atoms with Crippen LogP contribution in [-0.4, -0.2) is 30.1 Å². The summed E-state index contributed by atoms with van der Waals surface area (Å²) in [4.78, 5) is 19.1. The molecule has 6 heteroatoms. The van der Waals surface area contributed by atoms with Gasteiger partial charge in [-0.25, -0.2) is 15.0 Å². The topological polar surface area (TPSA) is 94.9 Å². The van der Waals surface area contributed by atoms with Crippen molar-refractivity contribution in [3.63, 3.8) is 0 Å². The Morgan fingerprint density at radius 3 is 1.92 bits per heavy atom. The van der Waals surface area contributed by atoms with Gasteiger partial charge in [0.05, 0.1) is 33.5 Å². The minimum absolute atomic E-state index is 0.128. The minimum Gasteiger partial charge on any atom is -0.507 e. The minimum atomic E-state index is 0.128. The van der Waals surface area contributed by atoms with Crippen molar-refractivity contribution in [1.82, 2.24) is 19.9 Å². The highest BCUT2D eigenvalue weighted by molar-refractivity contribution is 6.08. The molecule has 6 nitrogen and oxygen atoms in total. The molecule has 12 bridgehead atoms. The third-order valence-electron chi connectivity index (χ3n) is 9.79. The molecule has 0 atom stereocenters. The number of nitrogens with zero attached hydrogens (tertiary/aromatic N) is 3. The molecule has 5 heterocycles. The van der Waals surface area contributed by atoms with Crippen LogP contribution in [0.5, 0.6) is 11.5 Å². The number of benzene rings is 4. The molecule has 0 fully saturated rings. The fourth-order valence-corrected chi connectivity index (χ4v) is 7.25. The van der Waals surface area contributed by atoms with Crippen molar-refractivity contribution in [3.8, 4) is 22.6 Å². The van der Waals surface area contributed by atoms with Crippen molar-refractivity contribution in [2.75, 3.05) is 0 Å². The SMILES string of the molecule is CCCCc1cc2c(O)c(c1)c1ccc([nH]1)c(-c1ccccc1)c1nc(c3cc(C)cc(c3O)c3ccc4ccc5ccc2nc5c4n3)C=C1. The summed E-state index contributed by atoms with van der Waals surface area (Å²) in [6.07, 6.45) is 6.94. The maximum Gasteiger partial charge on any atom is 0.134 e. The summed E-state index contributed by atoms with van der Waals surface area (Å²) in [5, 5.41) is 28.4. The molecule has 0 amide bonds. The molecule has 0 saturated heterocycles. The van der Waals surface area contributed by atoms with E-state index in [0.717, 1.165) is 85.4 Å². The van der Waals surface area contributed by atoms with Crippen LogP contribution in [0.4, 0.5) is 0 Å². The molecule has 3 N–H and O–H groups in total. The molecule has 50 heavy (non-hydrogen) atoms. The second kappa shape index (κ2) is 11.7. The highest BCUT2D eigenvalue weighted by Gasteiger charge is 2.16. The largest absolute Gasteiger partial charge is 0.507 e. The fourth-order valence-electron chi connectivity index (χ4n) is 7.25.